The standard InChI is InChI=1S/C10H10BrF3N2O2/c11-6-1-5(2-7(15)3-6)9(18)16-4-8(17)10(12,13)14/h1-3,8,17H,4,15H2,(H,16,18). The number of carbonyl (C=O) groups is 1. The fourth-order valence-electron chi connectivity index (χ4n) is 1.15. The topological polar surface area (TPSA) is 75.4 Å². The molecular formula is C10H10BrF3N2O2. The van der Waals surface area contributed by atoms with Crippen molar-refractivity contribution in [3.05, 3.63) is 28.2 Å². The third kappa shape index (κ3) is 4.19. The Morgan fingerprint density at radius 3 is 2.56 bits per heavy atom. The number of aliphatic hydroxyl groups is 1. The summed E-state index contributed by atoms with van der Waals surface area (Å²) in [7, 11) is 0. The molecule has 1 unspecified atom stereocenters. The molecule has 4 nitrogen and oxygen atoms in total. The van der Waals surface area contributed by atoms with E-state index in [1.54, 1.807) is 6.07 Å². The second-order valence-electron chi connectivity index (χ2n) is 3.54. The van der Waals surface area contributed by atoms with E-state index in [1.165, 1.54) is 12.1 Å². The third-order valence-corrected chi connectivity index (χ3v) is 2.47. The van der Waals surface area contributed by atoms with Gasteiger partial charge in [-0.15, -0.1) is 0 Å². The molecule has 0 saturated heterocycles. The van der Waals surface area contributed by atoms with E-state index < -0.39 is 24.7 Å². The van der Waals surface area contributed by atoms with Crippen LogP contribution in [0.5, 0.6) is 0 Å². The van der Waals surface area contributed by atoms with Crippen LogP contribution in [0.15, 0.2) is 22.7 Å². The van der Waals surface area contributed by atoms with E-state index in [4.69, 9.17) is 10.8 Å². The summed E-state index contributed by atoms with van der Waals surface area (Å²) in [5.41, 5.74) is 5.89. The summed E-state index contributed by atoms with van der Waals surface area (Å²) in [5, 5.41) is 10.7. The van der Waals surface area contributed by atoms with Gasteiger partial charge in [0.25, 0.3) is 5.91 Å². The molecule has 0 aliphatic heterocycles. The van der Waals surface area contributed by atoms with Gasteiger partial charge < -0.3 is 16.2 Å². The van der Waals surface area contributed by atoms with Gasteiger partial charge in [0.2, 0.25) is 0 Å². The molecule has 0 aliphatic rings. The number of carbonyl (C=O) groups excluding carboxylic acids is 1. The van der Waals surface area contributed by atoms with Gasteiger partial charge in [0.15, 0.2) is 6.10 Å². The highest BCUT2D eigenvalue weighted by Gasteiger charge is 2.38. The van der Waals surface area contributed by atoms with Gasteiger partial charge >= 0.3 is 6.18 Å². The van der Waals surface area contributed by atoms with Crippen LogP contribution in [0, 0.1) is 0 Å². The summed E-state index contributed by atoms with van der Waals surface area (Å²) in [6.45, 7) is -0.908. The molecule has 0 aliphatic carbocycles. The molecule has 1 amide bonds. The van der Waals surface area contributed by atoms with E-state index in [1.807, 2.05) is 5.32 Å². The van der Waals surface area contributed by atoms with Crippen molar-refractivity contribution in [1.29, 1.82) is 0 Å². The van der Waals surface area contributed by atoms with Gasteiger partial charge in [-0.1, -0.05) is 15.9 Å². The first-order valence-corrected chi connectivity index (χ1v) is 5.58. The number of nitrogens with one attached hydrogen (secondary N) is 1. The molecule has 0 radical (unpaired) electrons. The zero-order chi connectivity index (χ0) is 13.9. The fourth-order valence-corrected chi connectivity index (χ4v) is 1.66. The van der Waals surface area contributed by atoms with Crippen molar-refractivity contribution < 1.29 is 23.1 Å². The normalized spacial score (nSPS) is 13.2. The predicted molar refractivity (Wildman–Crippen MR) is 62.9 cm³/mol. The van der Waals surface area contributed by atoms with Gasteiger partial charge in [-0.3, -0.25) is 4.79 Å². The van der Waals surface area contributed by atoms with Crippen molar-refractivity contribution in [2.24, 2.45) is 0 Å². The van der Waals surface area contributed by atoms with E-state index in [2.05, 4.69) is 15.9 Å². The maximum absolute atomic E-state index is 12.0. The van der Waals surface area contributed by atoms with Crippen molar-refractivity contribution in [3.8, 4) is 0 Å². The number of hydrogen-bond donors (Lipinski definition) is 3. The van der Waals surface area contributed by atoms with Crippen molar-refractivity contribution >= 4 is 27.5 Å². The summed E-state index contributed by atoms with van der Waals surface area (Å²) in [6.07, 6.45) is -7.35. The van der Waals surface area contributed by atoms with Gasteiger partial charge in [0.05, 0.1) is 6.54 Å². The lowest BCUT2D eigenvalue weighted by atomic mass is 10.2. The Bertz CT molecular complexity index is 431. The number of hydrogen-bond acceptors (Lipinski definition) is 3. The molecule has 0 bridgehead atoms. The molecule has 0 aromatic heterocycles. The minimum Gasteiger partial charge on any atom is -0.399 e. The maximum Gasteiger partial charge on any atom is 0.416 e. The zero-order valence-electron chi connectivity index (χ0n) is 8.96. The van der Waals surface area contributed by atoms with Gasteiger partial charge in [-0.2, -0.15) is 13.2 Å². The number of aliphatic hydroxyl groups excluding tert-OH is 1. The molecule has 1 atom stereocenters. The highest BCUT2D eigenvalue weighted by atomic mass is 79.9. The minimum atomic E-state index is -4.76. The van der Waals surface area contributed by atoms with E-state index >= 15 is 0 Å². The summed E-state index contributed by atoms with van der Waals surface area (Å²) >= 11 is 3.10. The first-order chi connectivity index (χ1) is 8.20. The van der Waals surface area contributed by atoms with Crippen molar-refractivity contribution in [3.63, 3.8) is 0 Å². The Kier molecular flexibility index (Phi) is 4.58. The van der Waals surface area contributed by atoms with E-state index in [0.29, 0.717) is 10.2 Å². The van der Waals surface area contributed by atoms with Crippen LogP contribution in [0.4, 0.5) is 18.9 Å². The summed E-state index contributed by atoms with van der Waals surface area (Å²) in [6, 6.07) is 4.27. The van der Waals surface area contributed by atoms with Crippen LogP contribution in [0.3, 0.4) is 0 Å². The largest absolute Gasteiger partial charge is 0.416 e. The second kappa shape index (κ2) is 5.57. The Morgan fingerprint density at radius 2 is 2.06 bits per heavy atom. The summed E-state index contributed by atoms with van der Waals surface area (Å²) < 4.78 is 36.5. The van der Waals surface area contributed by atoms with Crippen LogP contribution in [-0.4, -0.2) is 29.8 Å². The monoisotopic (exact) mass is 326 g/mol. The lowest BCUT2D eigenvalue weighted by Crippen LogP contribution is -2.40. The van der Waals surface area contributed by atoms with Crippen LogP contribution >= 0.6 is 15.9 Å². The predicted octanol–water partition coefficient (Wildman–Crippen LogP) is 1.68. The van der Waals surface area contributed by atoms with Gasteiger partial charge in [-0.05, 0) is 18.2 Å². The highest BCUT2D eigenvalue weighted by Crippen LogP contribution is 2.20. The zero-order valence-corrected chi connectivity index (χ0v) is 10.5. The summed E-state index contributed by atoms with van der Waals surface area (Å²) in [5.74, 6) is -0.744. The third-order valence-electron chi connectivity index (χ3n) is 2.02. The van der Waals surface area contributed by atoms with Crippen molar-refractivity contribution in [1.82, 2.24) is 5.32 Å². The number of alkyl halides is 3. The number of nitrogen functional groups attached to an aromatic ring is 1. The highest BCUT2D eigenvalue weighted by molar-refractivity contribution is 9.10. The Labute approximate surface area is 109 Å². The number of anilines is 1. The number of halogens is 4. The lowest BCUT2D eigenvalue weighted by molar-refractivity contribution is -0.201. The first-order valence-electron chi connectivity index (χ1n) is 4.79. The van der Waals surface area contributed by atoms with Crippen LogP contribution in [0.1, 0.15) is 10.4 Å². The molecule has 1 rings (SSSR count). The van der Waals surface area contributed by atoms with Gasteiger partial charge in [-0.25, -0.2) is 0 Å². The Balaban J connectivity index is 2.66. The maximum atomic E-state index is 12.0. The Morgan fingerprint density at radius 1 is 1.44 bits per heavy atom. The number of nitrogens with two attached hydrogens (primary N) is 1. The number of rotatable bonds is 3. The molecule has 0 spiro atoms. The molecule has 1 aromatic carbocycles. The van der Waals surface area contributed by atoms with Gasteiger partial charge in [0, 0.05) is 15.7 Å². The van der Waals surface area contributed by atoms with Crippen LogP contribution in [0.25, 0.3) is 0 Å². The second-order valence-corrected chi connectivity index (χ2v) is 4.46. The molecule has 1 aromatic rings. The smallest absolute Gasteiger partial charge is 0.399 e. The lowest BCUT2D eigenvalue weighted by Gasteiger charge is -2.15. The molecular weight excluding hydrogens is 317 g/mol. The SMILES string of the molecule is Nc1cc(Br)cc(C(=O)NCC(O)C(F)(F)F)c1. The molecule has 8 heteroatoms. The first kappa shape index (κ1) is 14.8. The molecule has 0 heterocycles. The molecule has 100 valence electrons. The van der Waals surface area contributed by atoms with Crippen molar-refractivity contribution in [2.75, 3.05) is 12.3 Å². The average Bonchev–Trinajstić information content (AvgIpc) is 2.22. The quantitative estimate of drug-likeness (QED) is 0.740. The molecule has 4 N–H and O–H groups in total. The summed E-state index contributed by atoms with van der Waals surface area (Å²) in [4.78, 5) is 11.5. The van der Waals surface area contributed by atoms with E-state index in [-0.39, 0.29) is 5.56 Å². The van der Waals surface area contributed by atoms with Crippen LogP contribution in [-0.2, 0) is 0 Å². The van der Waals surface area contributed by atoms with Crippen molar-refractivity contribution in [2.45, 2.75) is 12.3 Å². The number of benzene rings is 1. The van der Waals surface area contributed by atoms with E-state index in [9.17, 15) is 18.0 Å². The van der Waals surface area contributed by atoms with Crippen LogP contribution < -0.4 is 11.1 Å². The molecule has 0 saturated carbocycles. The average molecular weight is 327 g/mol. The van der Waals surface area contributed by atoms with Crippen LogP contribution in [0.2, 0.25) is 0 Å². The van der Waals surface area contributed by atoms with Gasteiger partial charge in [0.1, 0.15) is 0 Å². The molecule has 18 heavy (non-hydrogen) atoms. The number of amides is 1. The van der Waals surface area contributed by atoms with E-state index in [0.717, 1.165) is 0 Å². The minimum absolute atomic E-state index is 0.108. The molecule has 0 fully saturated rings. The fraction of sp³-hybridized carbons (Fsp3) is 0.300. The Hall–Kier alpha value is -1.28.